The van der Waals surface area contributed by atoms with Crippen LogP contribution in [0.15, 0.2) is 24.3 Å². The number of carbonyl (C=O) groups excluding carboxylic acids is 2. The first kappa shape index (κ1) is 16.8. The van der Waals surface area contributed by atoms with E-state index in [0.29, 0.717) is 12.5 Å². The van der Waals surface area contributed by atoms with Crippen molar-refractivity contribution in [3.63, 3.8) is 0 Å². The van der Waals surface area contributed by atoms with Crippen LogP contribution in [0.5, 0.6) is 0 Å². The lowest BCUT2D eigenvalue weighted by atomic mass is 10.00. The molecule has 130 valence electrons. The molecule has 24 heavy (non-hydrogen) atoms. The molecule has 3 amide bonds. The van der Waals surface area contributed by atoms with Crippen LogP contribution in [0.2, 0.25) is 0 Å². The summed E-state index contributed by atoms with van der Waals surface area (Å²) in [6.07, 6.45) is 4.19. The van der Waals surface area contributed by atoms with E-state index in [0.717, 1.165) is 31.0 Å². The molecule has 2 aliphatic heterocycles. The zero-order chi connectivity index (χ0) is 16.9. The van der Waals surface area contributed by atoms with E-state index in [-0.39, 0.29) is 11.9 Å². The number of nitrogens with zero attached hydrogens (tertiary/aromatic N) is 2. The van der Waals surface area contributed by atoms with Gasteiger partial charge in [0.2, 0.25) is 5.91 Å². The van der Waals surface area contributed by atoms with Gasteiger partial charge in [-0.15, -0.1) is 0 Å². The lowest BCUT2D eigenvalue weighted by Gasteiger charge is -2.43. The zero-order valence-corrected chi connectivity index (χ0v) is 14.3. The van der Waals surface area contributed by atoms with Gasteiger partial charge in [0, 0.05) is 43.5 Å². The number of hydrogen-bond donors (Lipinski definition) is 2. The van der Waals surface area contributed by atoms with Crippen LogP contribution in [0, 0.1) is 0 Å². The summed E-state index contributed by atoms with van der Waals surface area (Å²) in [5.74, 6) is -0.0165. The molecule has 2 aliphatic rings. The average molecular weight is 330 g/mol. The Hall–Kier alpha value is -2.08. The Balaban J connectivity index is 1.53. The van der Waals surface area contributed by atoms with Gasteiger partial charge in [0.25, 0.3) is 0 Å². The first-order valence-electron chi connectivity index (χ1n) is 8.85. The summed E-state index contributed by atoms with van der Waals surface area (Å²) in [4.78, 5) is 28.3. The molecule has 2 N–H and O–H groups in total. The number of piperidine rings is 1. The van der Waals surface area contributed by atoms with Gasteiger partial charge < -0.3 is 15.5 Å². The molecule has 6 nitrogen and oxygen atoms in total. The molecule has 0 spiro atoms. The van der Waals surface area contributed by atoms with Gasteiger partial charge in [-0.2, -0.15) is 0 Å². The van der Waals surface area contributed by atoms with Crippen molar-refractivity contribution in [2.45, 2.75) is 38.6 Å². The van der Waals surface area contributed by atoms with E-state index in [9.17, 15) is 9.59 Å². The molecule has 6 heteroatoms. The molecule has 2 saturated heterocycles. The van der Waals surface area contributed by atoms with E-state index in [1.807, 2.05) is 36.1 Å². The predicted octanol–water partition coefficient (Wildman–Crippen LogP) is 2.74. The van der Waals surface area contributed by atoms with Crippen LogP contribution in [-0.4, -0.2) is 54.0 Å². The van der Waals surface area contributed by atoms with Crippen molar-refractivity contribution < 1.29 is 9.59 Å². The molecule has 0 bridgehead atoms. The second-order valence-corrected chi connectivity index (χ2v) is 6.54. The van der Waals surface area contributed by atoms with Crippen LogP contribution in [0.3, 0.4) is 0 Å². The van der Waals surface area contributed by atoms with Crippen LogP contribution >= 0.6 is 0 Å². The third-order valence-corrected chi connectivity index (χ3v) is 4.87. The minimum Gasteiger partial charge on any atom is -0.326 e. The number of urea groups is 1. The Morgan fingerprint density at radius 1 is 1.04 bits per heavy atom. The van der Waals surface area contributed by atoms with Crippen LogP contribution in [0.25, 0.3) is 0 Å². The number of benzene rings is 1. The quantitative estimate of drug-likeness (QED) is 0.896. The Bertz CT molecular complexity index is 587. The van der Waals surface area contributed by atoms with E-state index >= 15 is 0 Å². The summed E-state index contributed by atoms with van der Waals surface area (Å²) < 4.78 is 0. The molecule has 1 atom stereocenters. The summed E-state index contributed by atoms with van der Waals surface area (Å²) >= 11 is 0. The predicted molar refractivity (Wildman–Crippen MR) is 95.2 cm³/mol. The number of amides is 3. The average Bonchev–Trinajstić information content (AvgIpc) is 2.62. The molecule has 2 heterocycles. The molecule has 0 aliphatic carbocycles. The highest BCUT2D eigenvalue weighted by molar-refractivity contribution is 5.92. The largest absolute Gasteiger partial charge is 0.326 e. The van der Waals surface area contributed by atoms with Gasteiger partial charge in [-0.25, -0.2) is 4.79 Å². The third-order valence-electron chi connectivity index (χ3n) is 4.87. The van der Waals surface area contributed by atoms with Crippen molar-refractivity contribution in [1.82, 2.24) is 9.80 Å². The molecule has 0 saturated carbocycles. The standard InChI is InChI=1S/C18H26N4O2/c1-2-17(23)19-14-6-8-15(9-7-14)20-18(24)22-12-11-21-10-4-3-5-16(21)13-22/h6-9,16H,2-5,10-13H2,1H3,(H,19,23)(H,20,24). The van der Waals surface area contributed by atoms with Gasteiger partial charge >= 0.3 is 6.03 Å². The van der Waals surface area contributed by atoms with E-state index in [1.165, 1.54) is 25.8 Å². The molecule has 1 unspecified atom stereocenters. The van der Waals surface area contributed by atoms with Gasteiger partial charge in [-0.3, -0.25) is 9.69 Å². The number of anilines is 2. The van der Waals surface area contributed by atoms with E-state index in [2.05, 4.69) is 15.5 Å². The maximum Gasteiger partial charge on any atom is 0.321 e. The SMILES string of the molecule is CCC(=O)Nc1ccc(NC(=O)N2CCN3CCCCC3C2)cc1. The van der Waals surface area contributed by atoms with Crippen LogP contribution in [0.1, 0.15) is 32.6 Å². The Kier molecular flexibility index (Phi) is 5.35. The number of rotatable bonds is 3. The third kappa shape index (κ3) is 4.06. The highest BCUT2D eigenvalue weighted by Crippen LogP contribution is 2.22. The van der Waals surface area contributed by atoms with E-state index in [1.54, 1.807) is 0 Å². The minimum atomic E-state index is -0.0365. The smallest absolute Gasteiger partial charge is 0.321 e. The van der Waals surface area contributed by atoms with Gasteiger partial charge in [0.15, 0.2) is 0 Å². The fourth-order valence-corrected chi connectivity index (χ4v) is 3.43. The van der Waals surface area contributed by atoms with Crippen LogP contribution < -0.4 is 10.6 Å². The highest BCUT2D eigenvalue weighted by Gasteiger charge is 2.30. The van der Waals surface area contributed by atoms with E-state index in [4.69, 9.17) is 0 Å². The number of carbonyl (C=O) groups is 2. The molecule has 1 aromatic rings. The first-order valence-corrected chi connectivity index (χ1v) is 8.85. The molecule has 1 aromatic carbocycles. The molecule has 0 radical (unpaired) electrons. The molecule has 2 fully saturated rings. The molecular weight excluding hydrogens is 304 g/mol. The molecule has 0 aromatic heterocycles. The van der Waals surface area contributed by atoms with Gasteiger partial charge in [0.05, 0.1) is 0 Å². The summed E-state index contributed by atoms with van der Waals surface area (Å²) in [6, 6.07) is 7.74. The lowest BCUT2D eigenvalue weighted by Crippen LogP contribution is -2.56. The summed E-state index contributed by atoms with van der Waals surface area (Å²) in [7, 11) is 0. The number of fused-ring (bicyclic) bond motifs is 1. The van der Waals surface area contributed by atoms with Crippen molar-refractivity contribution in [2.75, 3.05) is 36.8 Å². The zero-order valence-electron chi connectivity index (χ0n) is 14.3. The summed E-state index contributed by atoms with van der Waals surface area (Å²) in [5.41, 5.74) is 1.50. The second kappa shape index (κ2) is 7.66. The fraction of sp³-hybridized carbons (Fsp3) is 0.556. The van der Waals surface area contributed by atoms with Crippen LogP contribution in [-0.2, 0) is 4.79 Å². The second-order valence-electron chi connectivity index (χ2n) is 6.54. The minimum absolute atomic E-state index is 0.0165. The monoisotopic (exact) mass is 330 g/mol. The van der Waals surface area contributed by atoms with Crippen LogP contribution in [0.4, 0.5) is 16.2 Å². The van der Waals surface area contributed by atoms with Crippen molar-refractivity contribution in [2.24, 2.45) is 0 Å². The summed E-state index contributed by atoms with van der Waals surface area (Å²) in [6.45, 7) is 5.56. The van der Waals surface area contributed by atoms with Gasteiger partial charge in [-0.05, 0) is 43.7 Å². The topological polar surface area (TPSA) is 64.7 Å². The highest BCUT2D eigenvalue weighted by atomic mass is 16.2. The normalized spacial score (nSPS) is 21.0. The fourth-order valence-electron chi connectivity index (χ4n) is 3.43. The number of hydrogen-bond acceptors (Lipinski definition) is 3. The molecule has 3 rings (SSSR count). The Labute approximate surface area is 143 Å². The number of nitrogens with one attached hydrogen (secondary N) is 2. The maximum absolute atomic E-state index is 12.5. The Morgan fingerprint density at radius 3 is 2.46 bits per heavy atom. The van der Waals surface area contributed by atoms with Crippen molar-refractivity contribution in [3.05, 3.63) is 24.3 Å². The van der Waals surface area contributed by atoms with Gasteiger partial charge in [0.1, 0.15) is 0 Å². The maximum atomic E-state index is 12.5. The van der Waals surface area contributed by atoms with Crippen molar-refractivity contribution >= 4 is 23.3 Å². The molecular formula is C18H26N4O2. The first-order chi connectivity index (χ1) is 11.7. The number of piperazine rings is 1. The van der Waals surface area contributed by atoms with Gasteiger partial charge in [-0.1, -0.05) is 13.3 Å². The Morgan fingerprint density at radius 2 is 1.75 bits per heavy atom. The van der Waals surface area contributed by atoms with E-state index < -0.39 is 0 Å². The lowest BCUT2D eigenvalue weighted by molar-refractivity contribution is -0.115. The van der Waals surface area contributed by atoms with Crippen molar-refractivity contribution in [1.29, 1.82) is 0 Å². The van der Waals surface area contributed by atoms with Crippen molar-refractivity contribution in [3.8, 4) is 0 Å². The summed E-state index contributed by atoms with van der Waals surface area (Å²) in [5, 5.41) is 5.76.